The lowest BCUT2D eigenvalue weighted by molar-refractivity contribution is -0.149. The van der Waals surface area contributed by atoms with E-state index >= 15 is 0 Å². The van der Waals surface area contributed by atoms with Crippen LogP contribution in [-0.2, 0) is 25.5 Å². The molecule has 0 aliphatic carbocycles. The van der Waals surface area contributed by atoms with Crippen LogP contribution in [0.4, 0.5) is 0 Å². The molecule has 1 aromatic heterocycles. The Morgan fingerprint density at radius 3 is 2.73 bits per heavy atom. The van der Waals surface area contributed by atoms with Gasteiger partial charge >= 0.3 is 11.9 Å². The maximum absolute atomic E-state index is 12.5. The maximum Gasteiger partial charge on any atom is 0.330 e. The van der Waals surface area contributed by atoms with Gasteiger partial charge in [0.25, 0.3) is 0 Å². The average Bonchev–Trinajstić information content (AvgIpc) is 2.65. The second kappa shape index (κ2) is 8.77. The van der Waals surface area contributed by atoms with E-state index in [9.17, 15) is 14.9 Å². The molecule has 0 N–H and O–H groups in total. The van der Waals surface area contributed by atoms with Crippen molar-refractivity contribution in [3.05, 3.63) is 54.2 Å². The van der Waals surface area contributed by atoms with E-state index in [1.165, 1.54) is 19.3 Å². The van der Waals surface area contributed by atoms with Gasteiger partial charge in [-0.05, 0) is 19.1 Å². The number of nitrogens with zero attached hydrogens (tertiary/aromatic N) is 2. The van der Waals surface area contributed by atoms with Gasteiger partial charge in [-0.3, -0.25) is 9.78 Å². The van der Waals surface area contributed by atoms with E-state index in [4.69, 9.17) is 9.47 Å². The first-order valence-corrected chi connectivity index (χ1v) is 8.20. The Morgan fingerprint density at radius 2 is 2.04 bits per heavy atom. The topological polar surface area (TPSA) is 89.3 Å². The number of hydrogen-bond acceptors (Lipinski definition) is 6. The normalized spacial score (nSPS) is 13.1. The Morgan fingerprint density at radius 1 is 1.27 bits per heavy atom. The highest BCUT2D eigenvalue weighted by Gasteiger charge is 2.38. The molecule has 0 aliphatic heterocycles. The van der Waals surface area contributed by atoms with Gasteiger partial charge in [0.15, 0.2) is 0 Å². The van der Waals surface area contributed by atoms with E-state index in [2.05, 4.69) is 4.98 Å². The summed E-state index contributed by atoms with van der Waals surface area (Å²) in [7, 11) is 1.25. The lowest BCUT2D eigenvalue weighted by Crippen LogP contribution is -2.33. The molecule has 2 rings (SSSR count). The molecule has 1 aromatic carbocycles. The first kappa shape index (κ1) is 19.1. The number of benzene rings is 1. The molecule has 0 saturated carbocycles. The van der Waals surface area contributed by atoms with E-state index in [-0.39, 0.29) is 19.4 Å². The second-order valence-corrected chi connectivity index (χ2v) is 5.74. The Labute approximate surface area is 152 Å². The summed E-state index contributed by atoms with van der Waals surface area (Å²) in [5.74, 6) is -1.18. The predicted octanol–water partition coefficient (Wildman–Crippen LogP) is 2.97. The van der Waals surface area contributed by atoms with Gasteiger partial charge in [-0.25, -0.2) is 4.79 Å². The summed E-state index contributed by atoms with van der Waals surface area (Å²) in [4.78, 5) is 28.7. The number of esters is 2. The summed E-state index contributed by atoms with van der Waals surface area (Å²) in [6.45, 7) is 1.91. The van der Waals surface area contributed by atoms with Gasteiger partial charge in [0.2, 0.25) is 0 Å². The van der Waals surface area contributed by atoms with E-state index in [0.29, 0.717) is 5.69 Å². The molecule has 1 atom stereocenters. The molecular formula is C20H20N2O4. The van der Waals surface area contributed by atoms with E-state index in [1.54, 1.807) is 13.0 Å². The molecule has 26 heavy (non-hydrogen) atoms. The third-order valence-electron chi connectivity index (χ3n) is 3.96. The smallest absolute Gasteiger partial charge is 0.330 e. The van der Waals surface area contributed by atoms with Crippen molar-refractivity contribution in [3.63, 3.8) is 0 Å². The number of rotatable bonds is 7. The zero-order valence-corrected chi connectivity index (χ0v) is 14.8. The van der Waals surface area contributed by atoms with E-state index < -0.39 is 17.4 Å². The number of para-hydroxylation sites is 1. The fourth-order valence-electron chi connectivity index (χ4n) is 2.68. The van der Waals surface area contributed by atoms with Crippen molar-refractivity contribution < 1.29 is 19.1 Å². The molecule has 6 nitrogen and oxygen atoms in total. The predicted molar refractivity (Wildman–Crippen MR) is 95.9 cm³/mol. The lowest BCUT2D eigenvalue weighted by atomic mass is 9.79. The largest absolute Gasteiger partial charge is 0.468 e. The monoisotopic (exact) mass is 352 g/mol. The Kier molecular flexibility index (Phi) is 6.45. The van der Waals surface area contributed by atoms with Gasteiger partial charge in [0, 0.05) is 23.6 Å². The summed E-state index contributed by atoms with van der Waals surface area (Å²) in [6.07, 6.45) is 2.54. The Hall–Kier alpha value is -3.20. The number of methoxy groups -OCH3 is 1. The minimum atomic E-state index is -1.31. The van der Waals surface area contributed by atoms with Crippen LogP contribution in [0.25, 0.3) is 10.9 Å². The molecule has 6 heteroatoms. The highest BCUT2D eigenvalue weighted by molar-refractivity contribution is 5.86. The van der Waals surface area contributed by atoms with Crippen molar-refractivity contribution in [2.75, 3.05) is 13.7 Å². The molecule has 2 aromatic rings. The maximum atomic E-state index is 12.5. The molecule has 0 amide bonds. The van der Waals surface area contributed by atoms with E-state index in [1.807, 2.05) is 36.4 Å². The van der Waals surface area contributed by atoms with Crippen LogP contribution in [0, 0.1) is 16.7 Å². The van der Waals surface area contributed by atoms with Crippen molar-refractivity contribution in [2.24, 2.45) is 5.41 Å². The van der Waals surface area contributed by atoms with Crippen molar-refractivity contribution in [3.8, 4) is 6.07 Å². The molecular weight excluding hydrogens is 332 g/mol. The van der Waals surface area contributed by atoms with Crippen molar-refractivity contribution in [2.45, 2.75) is 19.8 Å². The third kappa shape index (κ3) is 4.45. The molecule has 0 saturated heterocycles. The van der Waals surface area contributed by atoms with Crippen LogP contribution in [0.1, 0.15) is 19.0 Å². The summed E-state index contributed by atoms with van der Waals surface area (Å²) >= 11 is 0. The van der Waals surface area contributed by atoms with Gasteiger partial charge in [-0.2, -0.15) is 5.26 Å². The van der Waals surface area contributed by atoms with Gasteiger partial charge in [0.1, 0.15) is 5.41 Å². The number of pyridine rings is 1. The molecule has 0 radical (unpaired) electrons. The number of aromatic nitrogens is 1. The quantitative estimate of drug-likeness (QED) is 0.562. The number of fused-ring (bicyclic) bond motifs is 1. The van der Waals surface area contributed by atoms with Gasteiger partial charge < -0.3 is 9.47 Å². The fraction of sp³-hybridized carbons (Fsp3) is 0.300. The summed E-state index contributed by atoms with van der Waals surface area (Å²) < 4.78 is 9.76. The van der Waals surface area contributed by atoms with E-state index in [0.717, 1.165) is 10.9 Å². The molecule has 0 fully saturated rings. The first-order chi connectivity index (χ1) is 12.5. The summed E-state index contributed by atoms with van der Waals surface area (Å²) in [5.41, 5.74) is 0.0964. The summed E-state index contributed by atoms with van der Waals surface area (Å²) in [6, 6.07) is 13.3. The zero-order valence-electron chi connectivity index (χ0n) is 14.8. The number of nitriles is 1. The highest BCUT2D eigenvalue weighted by atomic mass is 16.5. The third-order valence-corrected chi connectivity index (χ3v) is 3.96. The molecule has 0 aliphatic rings. The lowest BCUT2D eigenvalue weighted by Gasteiger charge is -2.25. The molecule has 1 heterocycles. The standard InChI is InChI=1S/C20H20N2O4/c1-3-26-18(23)10-11-20(12-13-21,19(24)25-2)14-16-9-8-15-6-4-5-7-17(15)22-16/h4-11H,3,12,14H2,1-2H3/b11-10+. The molecule has 1 unspecified atom stereocenters. The van der Waals surface area contributed by atoms with Crippen LogP contribution < -0.4 is 0 Å². The number of ether oxygens (including phenoxy) is 2. The van der Waals surface area contributed by atoms with Crippen LogP contribution in [0.5, 0.6) is 0 Å². The van der Waals surface area contributed by atoms with Gasteiger partial charge in [-0.15, -0.1) is 0 Å². The minimum absolute atomic E-state index is 0.133. The van der Waals surface area contributed by atoms with Gasteiger partial charge in [-0.1, -0.05) is 30.3 Å². The summed E-state index contributed by atoms with van der Waals surface area (Å²) in [5, 5.41) is 10.2. The van der Waals surface area contributed by atoms with Gasteiger partial charge in [0.05, 0.1) is 31.7 Å². The Balaban J connectivity index is 2.42. The number of carbonyl (C=O) groups excluding carboxylic acids is 2. The zero-order chi connectivity index (χ0) is 19.0. The molecule has 0 spiro atoms. The molecule has 134 valence electrons. The average molecular weight is 352 g/mol. The first-order valence-electron chi connectivity index (χ1n) is 8.20. The van der Waals surface area contributed by atoms with Crippen LogP contribution in [0.2, 0.25) is 0 Å². The van der Waals surface area contributed by atoms with Crippen molar-refractivity contribution >= 4 is 22.8 Å². The van der Waals surface area contributed by atoms with Crippen LogP contribution in [-0.4, -0.2) is 30.6 Å². The second-order valence-electron chi connectivity index (χ2n) is 5.74. The van der Waals surface area contributed by atoms with Crippen LogP contribution >= 0.6 is 0 Å². The minimum Gasteiger partial charge on any atom is -0.468 e. The number of carbonyl (C=O) groups is 2. The Bertz CT molecular complexity index is 869. The van der Waals surface area contributed by atoms with Crippen LogP contribution in [0.15, 0.2) is 48.6 Å². The van der Waals surface area contributed by atoms with Crippen LogP contribution in [0.3, 0.4) is 0 Å². The fourth-order valence-corrected chi connectivity index (χ4v) is 2.68. The SMILES string of the molecule is CCOC(=O)/C=C/C(CC#N)(Cc1ccc2ccccc2n1)C(=O)OC. The number of hydrogen-bond donors (Lipinski definition) is 0. The highest BCUT2D eigenvalue weighted by Crippen LogP contribution is 2.31. The van der Waals surface area contributed by atoms with Crippen molar-refractivity contribution in [1.29, 1.82) is 5.26 Å². The van der Waals surface area contributed by atoms with Crippen molar-refractivity contribution in [1.82, 2.24) is 4.98 Å². The molecule has 0 bridgehead atoms.